The zero-order chi connectivity index (χ0) is 11.4. The van der Waals surface area contributed by atoms with Gasteiger partial charge in [0.15, 0.2) is 0 Å². The highest BCUT2D eigenvalue weighted by Crippen LogP contribution is 2.26. The fourth-order valence-electron chi connectivity index (χ4n) is 1.62. The zero-order valence-electron chi connectivity index (χ0n) is 9.23. The molecule has 0 aliphatic heterocycles. The molecule has 1 aromatic rings. The Morgan fingerprint density at radius 1 is 1.27 bits per heavy atom. The van der Waals surface area contributed by atoms with Gasteiger partial charge in [-0.15, -0.1) is 11.8 Å². The van der Waals surface area contributed by atoms with E-state index < -0.39 is 11.9 Å². The molecule has 0 aliphatic carbocycles. The number of hydrogen-bond donors (Lipinski definition) is 1. The monoisotopic (exact) mass is 224 g/mol. The van der Waals surface area contributed by atoms with Gasteiger partial charge in [-0.25, -0.2) is 0 Å². The van der Waals surface area contributed by atoms with E-state index in [1.165, 1.54) is 0 Å². The molecule has 82 valence electrons. The Kier molecular flexibility index (Phi) is 4.21. The second kappa shape index (κ2) is 5.21. The summed E-state index contributed by atoms with van der Waals surface area (Å²) in [7, 11) is 0. The minimum Gasteiger partial charge on any atom is -0.481 e. The van der Waals surface area contributed by atoms with E-state index in [0.717, 1.165) is 10.5 Å². The maximum Gasteiger partial charge on any atom is 0.311 e. The Labute approximate surface area is 94.7 Å². The average Bonchev–Trinajstić information content (AvgIpc) is 2.18. The highest BCUT2D eigenvalue weighted by atomic mass is 32.2. The van der Waals surface area contributed by atoms with Gasteiger partial charge >= 0.3 is 5.97 Å². The smallest absolute Gasteiger partial charge is 0.311 e. The number of aliphatic carboxylic acids is 1. The fraction of sp³-hybridized carbons (Fsp3) is 0.417. The molecule has 0 fully saturated rings. The Morgan fingerprint density at radius 3 is 2.13 bits per heavy atom. The first kappa shape index (κ1) is 12.1. The molecule has 2 nitrogen and oxygen atoms in total. The molecule has 0 saturated carbocycles. The maximum atomic E-state index is 11.1. The molecule has 0 spiro atoms. The highest BCUT2D eigenvalue weighted by Gasteiger charge is 2.23. The largest absolute Gasteiger partial charge is 0.481 e. The second-order valence-electron chi connectivity index (χ2n) is 3.83. The molecule has 0 aliphatic rings. The summed E-state index contributed by atoms with van der Waals surface area (Å²) in [6.45, 7) is 3.86. The third-order valence-corrected chi connectivity index (χ3v) is 3.15. The van der Waals surface area contributed by atoms with E-state index in [-0.39, 0.29) is 5.92 Å². The van der Waals surface area contributed by atoms with Gasteiger partial charge in [-0.1, -0.05) is 26.0 Å². The minimum absolute atomic E-state index is 0.114. The van der Waals surface area contributed by atoms with Crippen molar-refractivity contribution in [2.24, 2.45) is 5.92 Å². The van der Waals surface area contributed by atoms with Crippen LogP contribution in [0.2, 0.25) is 0 Å². The van der Waals surface area contributed by atoms with Gasteiger partial charge < -0.3 is 5.11 Å². The molecule has 0 bridgehead atoms. The molecule has 1 atom stereocenters. The van der Waals surface area contributed by atoms with Crippen LogP contribution in [-0.4, -0.2) is 17.3 Å². The Hall–Kier alpha value is -0.960. The van der Waals surface area contributed by atoms with Gasteiger partial charge in [0, 0.05) is 4.90 Å². The van der Waals surface area contributed by atoms with E-state index in [4.69, 9.17) is 5.11 Å². The summed E-state index contributed by atoms with van der Waals surface area (Å²) in [5, 5.41) is 9.12. The first-order chi connectivity index (χ1) is 7.06. The molecule has 0 amide bonds. The van der Waals surface area contributed by atoms with Gasteiger partial charge in [0.2, 0.25) is 0 Å². The molecule has 0 saturated heterocycles. The van der Waals surface area contributed by atoms with Crippen LogP contribution in [0.5, 0.6) is 0 Å². The van der Waals surface area contributed by atoms with E-state index >= 15 is 0 Å². The Bertz CT molecular complexity index is 330. The normalized spacial score (nSPS) is 12.8. The van der Waals surface area contributed by atoms with E-state index in [9.17, 15) is 4.79 Å². The van der Waals surface area contributed by atoms with E-state index in [1.807, 2.05) is 44.4 Å². The van der Waals surface area contributed by atoms with Crippen molar-refractivity contribution in [3.05, 3.63) is 29.8 Å². The summed E-state index contributed by atoms with van der Waals surface area (Å²) in [5.74, 6) is -1.04. The third-order valence-electron chi connectivity index (χ3n) is 2.41. The summed E-state index contributed by atoms with van der Waals surface area (Å²) in [5.41, 5.74) is 0.885. The molecule has 1 N–H and O–H groups in total. The first-order valence-electron chi connectivity index (χ1n) is 4.93. The highest BCUT2D eigenvalue weighted by molar-refractivity contribution is 7.98. The van der Waals surface area contributed by atoms with Gasteiger partial charge in [0.1, 0.15) is 0 Å². The Morgan fingerprint density at radius 2 is 1.80 bits per heavy atom. The molecular weight excluding hydrogens is 208 g/mol. The van der Waals surface area contributed by atoms with Crippen molar-refractivity contribution in [3.63, 3.8) is 0 Å². The maximum absolute atomic E-state index is 11.1. The summed E-state index contributed by atoms with van der Waals surface area (Å²) in [6, 6.07) is 7.76. The van der Waals surface area contributed by atoms with Crippen molar-refractivity contribution < 1.29 is 9.90 Å². The topological polar surface area (TPSA) is 37.3 Å². The summed E-state index contributed by atoms with van der Waals surface area (Å²) < 4.78 is 0. The van der Waals surface area contributed by atoms with Crippen molar-refractivity contribution in [2.75, 3.05) is 6.26 Å². The molecule has 0 radical (unpaired) electrons. The number of rotatable bonds is 4. The lowest BCUT2D eigenvalue weighted by Crippen LogP contribution is -2.17. The number of carboxylic acid groups (broad SMARTS) is 1. The molecular formula is C12H16O2S. The molecule has 1 unspecified atom stereocenters. The van der Waals surface area contributed by atoms with Gasteiger partial charge in [-0.05, 0) is 29.9 Å². The van der Waals surface area contributed by atoms with Crippen molar-refractivity contribution in [1.82, 2.24) is 0 Å². The van der Waals surface area contributed by atoms with Crippen LogP contribution in [0, 0.1) is 5.92 Å². The summed E-state index contributed by atoms with van der Waals surface area (Å²) >= 11 is 1.66. The predicted octanol–water partition coefficient (Wildman–Crippen LogP) is 3.23. The van der Waals surface area contributed by atoms with Crippen LogP contribution in [0.15, 0.2) is 29.2 Å². The van der Waals surface area contributed by atoms with Gasteiger partial charge in [0.25, 0.3) is 0 Å². The quantitative estimate of drug-likeness (QED) is 0.798. The van der Waals surface area contributed by atoms with Crippen LogP contribution < -0.4 is 0 Å². The molecule has 3 heteroatoms. The van der Waals surface area contributed by atoms with E-state index in [2.05, 4.69) is 0 Å². The SMILES string of the molecule is CSc1ccc(C(C(=O)O)C(C)C)cc1. The lowest BCUT2D eigenvalue weighted by atomic mass is 9.89. The van der Waals surface area contributed by atoms with Crippen LogP contribution >= 0.6 is 11.8 Å². The van der Waals surface area contributed by atoms with Crippen LogP contribution in [0.3, 0.4) is 0 Å². The minimum atomic E-state index is -0.748. The lowest BCUT2D eigenvalue weighted by molar-refractivity contribution is -0.139. The first-order valence-corrected chi connectivity index (χ1v) is 6.15. The number of benzene rings is 1. The number of carbonyl (C=O) groups is 1. The third kappa shape index (κ3) is 2.99. The Balaban J connectivity index is 2.97. The zero-order valence-corrected chi connectivity index (χ0v) is 10.0. The predicted molar refractivity (Wildman–Crippen MR) is 63.4 cm³/mol. The fourth-order valence-corrected chi connectivity index (χ4v) is 2.03. The molecule has 1 rings (SSSR count). The standard InChI is InChI=1S/C12H16O2S/c1-8(2)11(12(13)14)9-4-6-10(15-3)7-5-9/h4-8,11H,1-3H3,(H,13,14). The lowest BCUT2D eigenvalue weighted by Gasteiger charge is -2.16. The second-order valence-corrected chi connectivity index (χ2v) is 4.71. The van der Waals surface area contributed by atoms with Gasteiger partial charge in [-0.3, -0.25) is 4.79 Å². The number of carboxylic acids is 1. The van der Waals surface area contributed by atoms with Crippen molar-refractivity contribution in [2.45, 2.75) is 24.7 Å². The van der Waals surface area contributed by atoms with E-state index in [1.54, 1.807) is 11.8 Å². The van der Waals surface area contributed by atoms with Crippen LogP contribution in [0.4, 0.5) is 0 Å². The van der Waals surface area contributed by atoms with Crippen molar-refractivity contribution >= 4 is 17.7 Å². The molecule has 1 aromatic carbocycles. The van der Waals surface area contributed by atoms with Crippen LogP contribution in [-0.2, 0) is 4.79 Å². The molecule has 15 heavy (non-hydrogen) atoms. The summed E-state index contributed by atoms with van der Waals surface area (Å²) in [6.07, 6.45) is 2.01. The van der Waals surface area contributed by atoms with Crippen LogP contribution in [0.1, 0.15) is 25.3 Å². The summed E-state index contributed by atoms with van der Waals surface area (Å²) in [4.78, 5) is 12.2. The molecule has 0 aromatic heterocycles. The van der Waals surface area contributed by atoms with E-state index in [0.29, 0.717) is 0 Å². The van der Waals surface area contributed by atoms with Crippen molar-refractivity contribution in [3.8, 4) is 0 Å². The van der Waals surface area contributed by atoms with Crippen molar-refractivity contribution in [1.29, 1.82) is 0 Å². The number of hydrogen-bond acceptors (Lipinski definition) is 2. The van der Waals surface area contributed by atoms with Gasteiger partial charge in [0.05, 0.1) is 5.92 Å². The van der Waals surface area contributed by atoms with Gasteiger partial charge in [-0.2, -0.15) is 0 Å². The number of thioether (sulfide) groups is 1. The average molecular weight is 224 g/mol. The van der Waals surface area contributed by atoms with Crippen LogP contribution in [0.25, 0.3) is 0 Å². The molecule has 0 heterocycles.